The van der Waals surface area contributed by atoms with Gasteiger partial charge in [-0.2, -0.15) is 0 Å². The number of nitrogen functional groups attached to an aromatic ring is 1. The normalized spacial score (nSPS) is 19.1. The molecule has 1 aliphatic rings. The van der Waals surface area contributed by atoms with E-state index in [0.717, 1.165) is 32.4 Å². The number of piperidine rings is 1. The van der Waals surface area contributed by atoms with Crippen LogP contribution in [0.2, 0.25) is 5.02 Å². The summed E-state index contributed by atoms with van der Waals surface area (Å²) in [5.41, 5.74) is 6.80. The minimum Gasteiger partial charge on any atom is -0.399 e. The molecular weight excluding hydrogens is 276 g/mol. The number of benzene rings is 1. The van der Waals surface area contributed by atoms with Crippen LogP contribution in [-0.2, 0) is 4.74 Å². The summed E-state index contributed by atoms with van der Waals surface area (Å²) in [6.45, 7) is 4.24. The Balaban J connectivity index is 2.04. The largest absolute Gasteiger partial charge is 0.399 e. The lowest BCUT2D eigenvalue weighted by Gasteiger charge is -2.32. The van der Waals surface area contributed by atoms with E-state index >= 15 is 0 Å². The molecule has 1 atom stereocenters. The van der Waals surface area contributed by atoms with Crippen molar-refractivity contribution in [3.05, 3.63) is 28.8 Å². The second-order valence-electron chi connectivity index (χ2n) is 5.16. The first-order valence-corrected chi connectivity index (χ1v) is 7.45. The standard InChI is InChI=1S/C15H21ClN2O2/c1-2-6-20-14-4-3-5-18(10-14)15(19)11-7-12(16)9-13(17)8-11/h7-9,14H,2-6,10,17H2,1H3. The predicted octanol–water partition coefficient (Wildman–Crippen LogP) is 2.95. The van der Waals surface area contributed by atoms with Crippen molar-refractivity contribution in [3.63, 3.8) is 0 Å². The summed E-state index contributed by atoms with van der Waals surface area (Å²) in [5, 5.41) is 0.490. The second kappa shape index (κ2) is 6.95. The SMILES string of the molecule is CCCOC1CCCN(C(=O)c2cc(N)cc(Cl)c2)C1. The molecule has 2 rings (SSSR count). The maximum atomic E-state index is 12.5. The first kappa shape index (κ1) is 15.1. The van der Waals surface area contributed by atoms with Crippen LogP contribution >= 0.6 is 11.6 Å². The van der Waals surface area contributed by atoms with Gasteiger partial charge in [0.05, 0.1) is 6.10 Å². The van der Waals surface area contributed by atoms with Crippen LogP contribution in [0, 0.1) is 0 Å². The Labute approximate surface area is 124 Å². The number of hydrogen-bond donors (Lipinski definition) is 1. The number of amides is 1. The van der Waals surface area contributed by atoms with Gasteiger partial charge in [-0.1, -0.05) is 18.5 Å². The van der Waals surface area contributed by atoms with Gasteiger partial charge in [-0.3, -0.25) is 4.79 Å². The molecule has 1 amide bonds. The topological polar surface area (TPSA) is 55.6 Å². The molecule has 1 saturated heterocycles. The number of carbonyl (C=O) groups excluding carboxylic acids is 1. The molecule has 0 bridgehead atoms. The third kappa shape index (κ3) is 3.87. The molecule has 0 saturated carbocycles. The van der Waals surface area contributed by atoms with E-state index in [-0.39, 0.29) is 12.0 Å². The molecule has 20 heavy (non-hydrogen) atoms. The van der Waals surface area contributed by atoms with Crippen LogP contribution in [0.4, 0.5) is 5.69 Å². The van der Waals surface area contributed by atoms with Crippen molar-refractivity contribution >= 4 is 23.2 Å². The molecule has 110 valence electrons. The monoisotopic (exact) mass is 296 g/mol. The molecular formula is C15H21ClN2O2. The number of halogens is 1. The summed E-state index contributed by atoms with van der Waals surface area (Å²) in [5.74, 6) is -0.0241. The Bertz CT molecular complexity index is 459. The van der Waals surface area contributed by atoms with Crippen LogP contribution in [0.3, 0.4) is 0 Å². The molecule has 1 aromatic rings. The maximum absolute atomic E-state index is 12.5. The molecule has 5 heteroatoms. The van der Waals surface area contributed by atoms with E-state index in [0.29, 0.717) is 22.8 Å². The van der Waals surface area contributed by atoms with Gasteiger partial charge in [0, 0.05) is 36.0 Å². The zero-order valence-corrected chi connectivity index (χ0v) is 12.5. The molecule has 4 nitrogen and oxygen atoms in total. The summed E-state index contributed by atoms with van der Waals surface area (Å²) in [4.78, 5) is 14.3. The molecule has 1 aliphatic heterocycles. The highest BCUT2D eigenvalue weighted by Crippen LogP contribution is 2.21. The van der Waals surface area contributed by atoms with Gasteiger partial charge >= 0.3 is 0 Å². The van der Waals surface area contributed by atoms with Crippen molar-refractivity contribution in [1.82, 2.24) is 4.90 Å². The van der Waals surface area contributed by atoms with Crippen molar-refractivity contribution < 1.29 is 9.53 Å². The highest BCUT2D eigenvalue weighted by atomic mass is 35.5. The van der Waals surface area contributed by atoms with Crippen LogP contribution < -0.4 is 5.73 Å². The van der Waals surface area contributed by atoms with Gasteiger partial charge in [0.1, 0.15) is 0 Å². The molecule has 2 N–H and O–H groups in total. The van der Waals surface area contributed by atoms with Gasteiger partial charge in [0.2, 0.25) is 0 Å². The summed E-state index contributed by atoms with van der Waals surface area (Å²) in [7, 11) is 0. The van der Waals surface area contributed by atoms with Gasteiger partial charge in [-0.05, 0) is 37.5 Å². The van der Waals surface area contributed by atoms with Gasteiger partial charge < -0.3 is 15.4 Å². The molecule has 1 fully saturated rings. The molecule has 0 aromatic heterocycles. The number of nitrogens with two attached hydrogens (primary N) is 1. The molecule has 1 unspecified atom stereocenters. The van der Waals surface area contributed by atoms with Gasteiger partial charge in [-0.25, -0.2) is 0 Å². The molecule has 1 heterocycles. The van der Waals surface area contributed by atoms with Gasteiger partial charge in [0.25, 0.3) is 5.91 Å². The Morgan fingerprint density at radius 1 is 1.50 bits per heavy atom. The third-order valence-corrected chi connectivity index (χ3v) is 3.61. The number of nitrogens with zero attached hydrogens (tertiary/aromatic N) is 1. The lowest BCUT2D eigenvalue weighted by molar-refractivity contribution is 0.00211. The van der Waals surface area contributed by atoms with E-state index in [1.165, 1.54) is 0 Å². The van der Waals surface area contributed by atoms with Crippen LogP contribution in [0.1, 0.15) is 36.5 Å². The summed E-state index contributed by atoms with van der Waals surface area (Å²) >= 11 is 5.95. The first-order valence-electron chi connectivity index (χ1n) is 7.07. The van der Waals surface area contributed by atoms with Crippen molar-refractivity contribution in [2.45, 2.75) is 32.3 Å². The van der Waals surface area contributed by atoms with Crippen molar-refractivity contribution in [2.24, 2.45) is 0 Å². The Hall–Kier alpha value is -1.26. The number of hydrogen-bond acceptors (Lipinski definition) is 3. The van der Waals surface area contributed by atoms with Crippen LogP contribution in [0.5, 0.6) is 0 Å². The van der Waals surface area contributed by atoms with Crippen molar-refractivity contribution in [3.8, 4) is 0 Å². The van der Waals surface area contributed by atoms with Crippen molar-refractivity contribution in [2.75, 3.05) is 25.4 Å². The number of ether oxygens (including phenoxy) is 1. The predicted molar refractivity (Wildman–Crippen MR) is 81.0 cm³/mol. The zero-order chi connectivity index (χ0) is 14.5. The highest BCUT2D eigenvalue weighted by Gasteiger charge is 2.25. The molecule has 0 spiro atoms. The fourth-order valence-electron chi connectivity index (χ4n) is 2.46. The van der Waals surface area contributed by atoms with Crippen LogP contribution in [0.15, 0.2) is 18.2 Å². The van der Waals surface area contributed by atoms with E-state index in [1.807, 2.05) is 4.90 Å². The smallest absolute Gasteiger partial charge is 0.254 e. The van der Waals surface area contributed by atoms with Crippen molar-refractivity contribution in [1.29, 1.82) is 0 Å². The Kier molecular flexibility index (Phi) is 5.26. The summed E-state index contributed by atoms with van der Waals surface area (Å²) in [6.07, 6.45) is 3.12. The molecule has 0 radical (unpaired) electrons. The van der Waals surface area contributed by atoms with E-state index < -0.39 is 0 Å². The average Bonchev–Trinajstić information content (AvgIpc) is 2.43. The Morgan fingerprint density at radius 3 is 3.00 bits per heavy atom. The van der Waals surface area contributed by atoms with Gasteiger partial charge in [0.15, 0.2) is 0 Å². The number of likely N-dealkylation sites (tertiary alicyclic amines) is 1. The minimum absolute atomic E-state index is 0.0241. The number of rotatable bonds is 4. The van der Waals surface area contributed by atoms with Crippen LogP contribution in [0.25, 0.3) is 0 Å². The second-order valence-corrected chi connectivity index (χ2v) is 5.60. The molecule has 1 aromatic carbocycles. The zero-order valence-electron chi connectivity index (χ0n) is 11.8. The van der Waals surface area contributed by atoms with E-state index in [2.05, 4.69) is 6.92 Å². The van der Waals surface area contributed by atoms with E-state index in [9.17, 15) is 4.79 Å². The fourth-order valence-corrected chi connectivity index (χ4v) is 2.71. The lowest BCUT2D eigenvalue weighted by Crippen LogP contribution is -2.43. The summed E-state index contributed by atoms with van der Waals surface area (Å²) in [6, 6.07) is 4.98. The number of anilines is 1. The highest BCUT2D eigenvalue weighted by molar-refractivity contribution is 6.31. The number of carbonyl (C=O) groups is 1. The third-order valence-electron chi connectivity index (χ3n) is 3.39. The lowest BCUT2D eigenvalue weighted by atomic mass is 10.1. The van der Waals surface area contributed by atoms with Gasteiger partial charge in [-0.15, -0.1) is 0 Å². The fraction of sp³-hybridized carbons (Fsp3) is 0.533. The van der Waals surface area contributed by atoms with E-state index in [1.54, 1.807) is 18.2 Å². The Morgan fingerprint density at radius 2 is 2.30 bits per heavy atom. The maximum Gasteiger partial charge on any atom is 0.254 e. The van der Waals surface area contributed by atoms with E-state index in [4.69, 9.17) is 22.1 Å². The van der Waals surface area contributed by atoms with Crippen LogP contribution in [-0.4, -0.2) is 36.6 Å². The minimum atomic E-state index is -0.0241. The summed E-state index contributed by atoms with van der Waals surface area (Å²) < 4.78 is 5.75. The molecule has 0 aliphatic carbocycles. The first-order chi connectivity index (χ1) is 9.60. The quantitative estimate of drug-likeness (QED) is 0.869. The average molecular weight is 297 g/mol.